The maximum absolute atomic E-state index is 13.3. The minimum Gasteiger partial charge on any atom is -0.399 e. The second-order valence-electron chi connectivity index (χ2n) is 5.21. The van der Waals surface area contributed by atoms with Crippen molar-refractivity contribution in [2.24, 2.45) is 0 Å². The number of hydrogen-bond acceptors (Lipinski definition) is 3. The van der Waals surface area contributed by atoms with Crippen molar-refractivity contribution in [1.29, 1.82) is 0 Å². The highest BCUT2D eigenvalue weighted by Gasteiger charge is 2.41. The van der Waals surface area contributed by atoms with Gasteiger partial charge in [0.1, 0.15) is 5.82 Å². The smallest absolute Gasteiger partial charge is 0.243 e. The molecule has 0 amide bonds. The minimum absolute atomic E-state index is 0.0741. The van der Waals surface area contributed by atoms with E-state index in [1.165, 1.54) is 10.4 Å². The van der Waals surface area contributed by atoms with E-state index in [0.717, 1.165) is 25.0 Å². The average Bonchev–Trinajstić information content (AvgIpc) is 2.57. The summed E-state index contributed by atoms with van der Waals surface area (Å²) >= 11 is 0. The average molecular weight is 272 g/mol. The number of hydrogen-bond donors (Lipinski definition) is 1. The maximum atomic E-state index is 13.3. The molecular weight excluding hydrogens is 255 g/mol. The van der Waals surface area contributed by atoms with Crippen molar-refractivity contribution in [3.63, 3.8) is 0 Å². The Kier molecular flexibility index (Phi) is 3.11. The molecule has 1 aliphatic heterocycles. The molecule has 6 heteroatoms. The maximum Gasteiger partial charge on any atom is 0.243 e. The van der Waals surface area contributed by atoms with E-state index in [4.69, 9.17) is 5.73 Å². The molecule has 0 atom stereocenters. The molecule has 4 nitrogen and oxygen atoms in total. The summed E-state index contributed by atoms with van der Waals surface area (Å²) in [6.07, 6.45) is 1.62. The zero-order chi connectivity index (χ0) is 13.6. The number of rotatable bonds is 2. The molecule has 0 aliphatic carbocycles. The third-order valence-corrected chi connectivity index (χ3v) is 5.40. The van der Waals surface area contributed by atoms with Crippen molar-refractivity contribution in [3.8, 4) is 0 Å². The van der Waals surface area contributed by atoms with Gasteiger partial charge in [0.15, 0.2) is 0 Å². The van der Waals surface area contributed by atoms with E-state index in [9.17, 15) is 12.8 Å². The van der Waals surface area contributed by atoms with E-state index in [0.29, 0.717) is 6.54 Å². The summed E-state index contributed by atoms with van der Waals surface area (Å²) in [5, 5.41) is 0. The second kappa shape index (κ2) is 4.20. The van der Waals surface area contributed by atoms with E-state index in [-0.39, 0.29) is 10.6 Å². The number of benzene rings is 1. The lowest BCUT2D eigenvalue weighted by atomic mass is 10.0. The molecule has 0 unspecified atom stereocenters. The van der Waals surface area contributed by atoms with Crippen LogP contribution < -0.4 is 5.73 Å². The van der Waals surface area contributed by atoms with Crippen molar-refractivity contribution < 1.29 is 12.8 Å². The van der Waals surface area contributed by atoms with Crippen LogP contribution in [0.2, 0.25) is 0 Å². The molecule has 1 aromatic rings. The zero-order valence-corrected chi connectivity index (χ0v) is 11.3. The predicted octanol–water partition coefficient (Wildman–Crippen LogP) is 1.97. The number of sulfonamides is 1. The summed E-state index contributed by atoms with van der Waals surface area (Å²) in [5.74, 6) is -0.634. The van der Waals surface area contributed by atoms with Crippen LogP contribution in [0.15, 0.2) is 23.1 Å². The predicted molar refractivity (Wildman–Crippen MR) is 68.0 cm³/mol. The summed E-state index contributed by atoms with van der Waals surface area (Å²) in [6, 6.07) is 3.42. The zero-order valence-electron chi connectivity index (χ0n) is 10.5. The van der Waals surface area contributed by atoms with Gasteiger partial charge in [-0.25, -0.2) is 12.8 Å². The Bertz CT molecular complexity index is 549. The van der Waals surface area contributed by atoms with Gasteiger partial charge in [0.2, 0.25) is 10.0 Å². The van der Waals surface area contributed by atoms with Crippen molar-refractivity contribution in [2.45, 2.75) is 37.1 Å². The Balaban J connectivity index is 2.48. The molecule has 2 N–H and O–H groups in total. The van der Waals surface area contributed by atoms with Gasteiger partial charge in [-0.1, -0.05) is 0 Å². The van der Waals surface area contributed by atoms with E-state index < -0.39 is 21.4 Å². The third kappa shape index (κ3) is 2.22. The monoisotopic (exact) mass is 272 g/mol. The van der Waals surface area contributed by atoms with Crippen LogP contribution in [-0.4, -0.2) is 24.8 Å². The number of halogens is 1. The molecule has 1 aromatic carbocycles. The van der Waals surface area contributed by atoms with Crippen molar-refractivity contribution in [2.75, 3.05) is 12.3 Å². The summed E-state index contributed by atoms with van der Waals surface area (Å²) in [7, 11) is -3.68. The molecule has 18 heavy (non-hydrogen) atoms. The molecule has 0 radical (unpaired) electrons. The first kappa shape index (κ1) is 13.3. The van der Waals surface area contributed by atoms with Crippen LogP contribution in [0, 0.1) is 5.82 Å². The van der Waals surface area contributed by atoms with E-state index >= 15 is 0 Å². The molecule has 0 bridgehead atoms. The normalized spacial score (nSPS) is 20.2. The lowest BCUT2D eigenvalue weighted by Crippen LogP contribution is -2.42. The number of nitrogen functional groups attached to an aromatic ring is 1. The Morgan fingerprint density at radius 1 is 1.33 bits per heavy atom. The molecule has 100 valence electrons. The summed E-state index contributed by atoms with van der Waals surface area (Å²) in [4.78, 5) is -0.0741. The van der Waals surface area contributed by atoms with Crippen molar-refractivity contribution in [3.05, 3.63) is 24.0 Å². The van der Waals surface area contributed by atoms with Gasteiger partial charge in [-0.05, 0) is 44.9 Å². The fourth-order valence-corrected chi connectivity index (χ4v) is 4.30. The van der Waals surface area contributed by atoms with Crippen LogP contribution in [-0.2, 0) is 10.0 Å². The van der Waals surface area contributed by atoms with Crippen LogP contribution in [0.25, 0.3) is 0 Å². The van der Waals surface area contributed by atoms with Crippen LogP contribution in [0.4, 0.5) is 10.1 Å². The summed E-state index contributed by atoms with van der Waals surface area (Å²) in [5.41, 5.74) is 5.19. The molecule has 1 aliphatic rings. The molecule has 1 saturated heterocycles. The van der Waals surface area contributed by atoms with Gasteiger partial charge < -0.3 is 5.73 Å². The van der Waals surface area contributed by atoms with Gasteiger partial charge in [-0.3, -0.25) is 0 Å². The molecule has 0 spiro atoms. The Morgan fingerprint density at radius 2 is 2.00 bits per heavy atom. The minimum atomic E-state index is -3.68. The van der Waals surface area contributed by atoms with E-state index in [2.05, 4.69) is 0 Å². The number of nitrogens with two attached hydrogens (primary N) is 1. The highest BCUT2D eigenvalue weighted by atomic mass is 32.2. The molecular formula is C12H17FN2O2S. The van der Waals surface area contributed by atoms with Crippen LogP contribution in [0.1, 0.15) is 26.7 Å². The first-order chi connectivity index (χ1) is 8.23. The summed E-state index contributed by atoms with van der Waals surface area (Å²) < 4.78 is 39.6. The fraction of sp³-hybridized carbons (Fsp3) is 0.500. The van der Waals surface area contributed by atoms with Crippen LogP contribution >= 0.6 is 0 Å². The first-order valence-electron chi connectivity index (χ1n) is 5.82. The molecule has 1 heterocycles. The largest absolute Gasteiger partial charge is 0.399 e. The summed E-state index contributed by atoms with van der Waals surface area (Å²) in [6.45, 7) is 4.21. The quantitative estimate of drug-likeness (QED) is 0.837. The number of anilines is 1. The Labute approximate surface area is 107 Å². The van der Waals surface area contributed by atoms with Gasteiger partial charge in [-0.2, -0.15) is 4.31 Å². The number of nitrogens with zero attached hydrogens (tertiary/aromatic N) is 1. The van der Waals surface area contributed by atoms with Crippen LogP contribution in [0.3, 0.4) is 0 Å². The first-order valence-corrected chi connectivity index (χ1v) is 7.26. The molecule has 1 fully saturated rings. The molecule has 0 aromatic heterocycles. The van der Waals surface area contributed by atoms with Gasteiger partial charge in [-0.15, -0.1) is 0 Å². The van der Waals surface area contributed by atoms with E-state index in [1.807, 2.05) is 13.8 Å². The Morgan fingerprint density at radius 3 is 2.50 bits per heavy atom. The topological polar surface area (TPSA) is 63.4 Å². The third-order valence-electron chi connectivity index (χ3n) is 3.31. The van der Waals surface area contributed by atoms with Gasteiger partial charge >= 0.3 is 0 Å². The van der Waals surface area contributed by atoms with E-state index in [1.54, 1.807) is 0 Å². The molecule has 2 rings (SSSR count). The van der Waals surface area contributed by atoms with Gasteiger partial charge in [0.05, 0.1) is 4.90 Å². The lowest BCUT2D eigenvalue weighted by Gasteiger charge is -2.30. The Hall–Kier alpha value is -1.14. The van der Waals surface area contributed by atoms with Crippen molar-refractivity contribution >= 4 is 15.7 Å². The standard InChI is InChI=1S/C12H17FN2O2S/c1-12(2)4-3-5-15(12)18(16,17)11-7-9(13)6-10(14)8-11/h6-8H,3-5,14H2,1-2H3. The SMILES string of the molecule is CC1(C)CCCN1S(=O)(=O)c1cc(N)cc(F)c1. The van der Waals surface area contributed by atoms with Gasteiger partial charge in [0.25, 0.3) is 0 Å². The highest BCUT2D eigenvalue weighted by Crippen LogP contribution is 2.34. The van der Waals surface area contributed by atoms with Crippen LogP contribution in [0.5, 0.6) is 0 Å². The second-order valence-corrected chi connectivity index (χ2v) is 7.08. The molecule has 0 saturated carbocycles. The van der Waals surface area contributed by atoms with Gasteiger partial charge in [0, 0.05) is 17.8 Å². The lowest BCUT2D eigenvalue weighted by molar-refractivity contribution is 0.291. The highest BCUT2D eigenvalue weighted by molar-refractivity contribution is 7.89. The fourth-order valence-electron chi connectivity index (χ4n) is 2.39. The van der Waals surface area contributed by atoms with Crippen molar-refractivity contribution in [1.82, 2.24) is 4.31 Å².